The van der Waals surface area contributed by atoms with E-state index < -0.39 is 53.3 Å². The van der Waals surface area contributed by atoms with E-state index in [1.54, 1.807) is 19.2 Å². The molecule has 3 aromatic carbocycles. The number of nitrogens with zero attached hydrogens (tertiary/aromatic N) is 5. The Morgan fingerprint density at radius 2 is 1.77 bits per heavy atom. The Bertz CT molecular complexity index is 2750. The molecule has 5 heterocycles. The Kier molecular flexibility index (Phi) is 14.3. The molecule has 8 rings (SSSR count). The van der Waals surface area contributed by atoms with Crippen molar-refractivity contribution in [3.63, 3.8) is 0 Å². The van der Waals surface area contributed by atoms with Gasteiger partial charge in [-0.25, -0.2) is 5.43 Å². The molecule has 0 spiro atoms. The van der Waals surface area contributed by atoms with Gasteiger partial charge in [-0.2, -0.15) is 0 Å². The molecule has 3 aliphatic rings. The Labute approximate surface area is 404 Å². The minimum atomic E-state index is -1.18. The normalized spacial score (nSPS) is 20.7. The number of nitrogens with one attached hydrogen (secondary N) is 3. The smallest absolute Gasteiger partial charge is 0.324 e. The molecule has 2 saturated heterocycles. The highest BCUT2D eigenvalue weighted by Gasteiger charge is 2.45. The van der Waals surface area contributed by atoms with Gasteiger partial charge in [0.2, 0.25) is 17.7 Å². The van der Waals surface area contributed by atoms with Gasteiger partial charge in [0, 0.05) is 67.9 Å². The molecule has 5 aromatic rings. The summed E-state index contributed by atoms with van der Waals surface area (Å²) in [4.78, 5) is 77.8. The second-order valence-corrected chi connectivity index (χ2v) is 20.0. The Morgan fingerprint density at radius 1 is 1.00 bits per heavy atom. The van der Waals surface area contributed by atoms with Crippen molar-refractivity contribution in [2.75, 3.05) is 33.8 Å². The molecule has 2 fully saturated rings. The Balaban J connectivity index is 1.13. The highest BCUT2D eigenvalue weighted by atomic mass is 16.5. The van der Waals surface area contributed by atoms with Crippen LogP contribution in [0.25, 0.3) is 33.3 Å². The minimum absolute atomic E-state index is 0.00917. The van der Waals surface area contributed by atoms with Crippen molar-refractivity contribution in [3.8, 4) is 28.1 Å². The number of phenolic OH excluding ortho intramolecular Hbond substituents is 1. The van der Waals surface area contributed by atoms with Gasteiger partial charge in [0.1, 0.15) is 29.9 Å². The molecule has 4 N–H and O–H groups in total. The lowest BCUT2D eigenvalue weighted by molar-refractivity contribution is -0.155. The Morgan fingerprint density at radius 3 is 2.49 bits per heavy atom. The third-order valence-electron chi connectivity index (χ3n) is 13.9. The third kappa shape index (κ3) is 10.4. The number of rotatable bonds is 11. The van der Waals surface area contributed by atoms with Crippen LogP contribution in [-0.4, -0.2) is 117 Å². The molecule has 15 nitrogen and oxygen atoms in total. The summed E-state index contributed by atoms with van der Waals surface area (Å²) in [5.41, 5.74) is 11.2. The van der Waals surface area contributed by atoms with Crippen LogP contribution in [0.3, 0.4) is 0 Å². The fourth-order valence-corrected chi connectivity index (χ4v) is 10.2. The number of ether oxygens (including phenoxy) is 1. The topological polar surface area (TPSA) is 188 Å². The van der Waals surface area contributed by atoms with Crippen LogP contribution in [0.2, 0.25) is 0 Å². The number of esters is 1. The zero-order chi connectivity index (χ0) is 49.3. The minimum Gasteiger partial charge on any atom is -0.508 e. The van der Waals surface area contributed by atoms with E-state index in [1.807, 2.05) is 68.7 Å². The first kappa shape index (κ1) is 48.9. The maximum atomic E-state index is 14.8. The summed E-state index contributed by atoms with van der Waals surface area (Å²) < 4.78 is 8.43. The van der Waals surface area contributed by atoms with Crippen LogP contribution in [0.5, 0.6) is 5.75 Å². The summed E-state index contributed by atoms with van der Waals surface area (Å²) in [5, 5.41) is 19.9. The van der Waals surface area contributed by atoms with Gasteiger partial charge in [-0.3, -0.25) is 39.3 Å². The van der Waals surface area contributed by atoms with Crippen LogP contribution in [0.15, 0.2) is 85.2 Å². The van der Waals surface area contributed by atoms with Crippen LogP contribution in [0.1, 0.15) is 82.7 Å². The molecule has 4 amide bonds. The van der Waals surface area contributed by atoms with Crippen molar-refractivity contribution in [3.05, 3.63) is 107 Å². The zero-order valence-corrected chi connectivity index (χ0v) is 41.0. The first-order chi connectivity index (χ1) is 33.0. The number of amides is 4. The van der Waals surface area contributed by atoms with E-state index in [2.05, 4.69) is 71.5 Å². The van der Waals surface area contributed by atoms with Gasteiger partial charge in [0.25, 0.3) is 5.91 Å². The predicted octanol–water partition coefficient (Wildman–Crippen LogP) is 5.96. The van der Waals surface area contributed by atoms with Gasteiger partial charge in [0.05, 0.1) is 24.9 Å². The lowest BCUT2D eigenvalue weighted by atomic mass is 9.84. The van der Waals surface area contributed by atoms with Crippen molar-refractivity contribution in [1.82, 2.24) is 40.4 Å². The number of hydrogen-bond acceptors (Lipinski definition) is 10. The molecule has 0 radical (unpaired) electrons. The SMILES string of the molecule is CCc1ccncc1-c1c2c3cc(ccc3n1CC)-c1cc(O)cc(c1)C[C@H](NC(=O)[C@H](C(C)C)N(C)C(=O)CN(C)C(=O)[C@H]1N[C@@H]1c1ccccc1)C(=O)N1CCC[C@H](N1)C(=O)OCC(C)(C)C2. The van der Waals surface area contributed by atoms with E-state index in [9.17, 15) is 29.1 Å². The van der Waals surface area contributed by atoms with E-state index in [-0.39, 0.29) is 49.7 Å². The number of carbonyl (C=O) groups is 5. The van der Waals surface area contributed by atoms with Crippen LogP contribution < -0.4 is 16.1 Å². The monoisotopic (exact) mass is 939 g/mol. The summed E-state index contributed by atoms with van der Waals surface area (Å²) in [7, 11) is 3.10. The summed E-state index contributed by atoms with van der Waals surface area (Å²) in [6, 6.07) is 19.6. The number of likely N-dealkylation sites (N-methyl/N-ethyl adjacent to an activating group) is 2. The molecule has 69 heavy (non-hydrogen) atoms. The number of hydrogen-bond donors (Lipinski definition) is 4. The maximum Gasteiger partial charge on any atom is 0.324 e. The summed E-state index contributed by atoms with van der Waals surface area (Å²) in [6.07, 6.45) is 6.08. The van der Waals surface area contributed by atoms with Crippen molar-refractivity contribution in [1.29, 1.82) is 0 Å². The number of fused-ring (bicyclic) bond motifs is 6. The van der Waals surface area contributed by atoms with E-state index in [1.165, 1.54) is 27.4 Å². The van der Waals surface area contributed by atoms with Crippen LogP contribution in [0, 0.1) is 11.3 Å². The van der Waals surface area contributed by atoms with E-state index in [0.29, 0.717) is 31.4 Å². The molecular weight excluding hydrogens is 873 g/mol. The maximum absolute atomic E-state index is 14.8. The number of hydrazine groups is 1. The predicted molar refractivity (Wildman–Crippen MR) is 264 cm³/mol. The zero-order valence-electron chi connectivity index (χ0n) is 41.0. The fraction of sp³-hybridized carbons (Fsp3) is 0.444. The second-order valence-electron chi connectivity index (χ2n) is 20.0. The van der Waals surface area contributed by atoms with Gasteiger partial charge in [-0.15, -0.1) is 0 Å². The van der Waals surface area contributed by atoms with Crippen molar-refractivity contribution < 1.29 is 33.8 Å². The quantitative estimate of drug-likeness (QED) is 0.0909. The number of phenols is 1. The van der Waals surface area contributed by atoms with Crippen LogP contribution in [-0.2, 0) is 54.5 Å². The largest absolute Gasteiger partial charge is 0.508 e. The van der Waals surface area contributed by atoms with Gasteiger partial charge in [-0.1, -0.05) is 77.1 Å². The van der Waals surface area contributed by atoms with Crippen LogP contribution >= 0.6 is 0 Å². The number of pyridine rings is 1. The number of benzene rings is 3. The molecule has 2 aromatic heterocycles. The number of aromatic nitrogens is 2. The number of carbonyl (C=O) groups excluding carboxylic acids is 5. The first-order valence-electron chi connectivity index (χ1n) is 24.3. The second kappa shape index (κ2) is 20.2. The summed E-state index contributed by atoms with van der Waals surface area (Å²) in [6.45, 7) is 12.9. The molecule has 6 bridgehead atoms. The number of aromatic hydroxyl groups is 1. The Hall–Kier alpha value is -6.58. The average molecular weight is 939 g/mol. The van der Waals surface area contributed by atoms with E-state index in [4.69, 9.17) is 4.74 Å². The molecule has 5 atom stereocenters. The molecule has 15 heteroatoms. The number of cyclic esters (lactones) is 1. The number of aryl methyl sites for hydroxylation is 2. The highest BCUT2D eigenvalue weighted by molar-refractivity contribution is 5.96. The van der Waals surface area contributed by atoms with Crippen molar-refractivity contribution in [2.45, 2.75) is 110 Å². The van der Waals surface area contributed by atoms with Gasteiger partial charge in [-0.05, 0) is 102 Å². The lowest BCUT2D eigenvalue weighted by Crippen LogP contribution is -2.62. The van der Waals surface area contributed by atoms with Gasteiger partial charge in [0.15, 0.2) is 0 Å². The van der Waals surface area contributed by atoms with Gasteiger partial charge < -0.3 is 29.5 Å². The lowest BCUT2D eigenvalue weighted by Gasteiger charge is -2.37. The van der Waals surface area contributed by atoms with Crippen molar-refractivity contribution >= 4 is 40.5 Å². The molecule has 3 aliphatic heterocycles. The highest BCUT2D eigenvalue weighted by Crippen LogP contribution is 2.41. The van der Waals surface area contributed by atoms with Crippen LogP contribution in [0.4, 0.5) is 0 Å². The third-order valence-corrected chi connectivity index (χ3v) is 13.9. The standard InChI is InChI=1S/C54H66N8O7/c1-9-34-20-21-55-29-41(34)49-40-28-54(5,6)31-69-53(68)42-17-14-22-62(58-42)51(66)43(25-33-23-37(26-38(63)24-33)36-18-19-44(39(40)27-36)61(49)10-2)56-50(65)48(32(3)4)60(8)45(64)30-59(7)52(67)47-46(57-47)35-15-12-11-13-16-35/h11-13,15-16,18-21,23-24,26-27,29,32,42-43,46-48,57-58,63H,9-10,14,17,22,25,28,30-31H2,1-8H3,(H,56,65)/t42-,43-,46+,47-,48-/m0/s1. The molecular formula is C54H66N8O7. The summed E-state index contributed by atoms with van der Waals surface area (Å²) >= 11 is 0. The average Bonchev–Trinajstić information content (AvgIpc) is 4.09. The molecule has 0 unspecified atom stereocenters. The van der Waals surface area contributed by atoms with Crippen molar-refractivity contribution in [2.24, 2.45) is 11.3 Å². The van der Waals surface area contributed by atoms with Gasteiger partial charge >= 0.3 is 5.97 Å². The first-order valence-corrected chi connectivity index (χ1v) is 24.3. The molecule has 364 valence electrons. The molecule has 0 saturated carbocycles. The molecule has 0 aliphatic carbocycles. The fourth-order valence-electron chi connectivity index (χ4n) is 10.2. The van der Waals surface area contributed by atoms with E-state index in [0.717, 1.165) is 50.8 Å². The van der Waals surface area contributed by atoms with E-state index >= 15 is 0 Å². The summed E-state index contributed by atoms with van der Waals surface area (Å²) in [5.74, 6) is -2.60.